The highest BCUT2D eigenvalue weighted by molar-refractivity contribution is 6.42. The lowest BCUT2D eigenvalue weighted by atomic mass is 10.3. The molecule has 0 aromatic rings. The van der Waals surface area contributed by atoms with Crippen molar-refractivity contribution in [2.24, 2.45) is 9.98 Å². The fraction of sp³-hybridized carbons (Fsp3) is 0.667. The minimum absolute atomic E-state index is 0.746. The number of nitrogens with one attached hydrogen (secondary N) is 2. The molecule has 0 aliphatic carbocycles. The molecule has 54 valence electrons. The van der Waals surface area contributed by atoms with Crippen LogP contribution in [-0.4, -0.2) is 37.9 Å². The monoisotopic (exact) mass is 138 g/mol. The summed E-state index contributed by atoms with van der Waals surface area (Å²) in [6.45, 7) is 3.48. The van der Waals surface area contributed by atoms with Gasteiger partial charge >= 0.3 is 0 Å². The van der Waals surface area contributed by atoms with Crippen molar-refractivity contribution in [3.63, 3.8) is 0 Å². The van der Waals surface area contributed by atoms with Crippen LogP contribution in [0.2, 0.25) is 0 Å². The van der Waals surface area contributed by atoms with Crippen molar-refractivity contribution in [3.8, 4) is 0 Å². The Morgan fingerprint density at radius 1 is 1.30 bits per heavy atom. The smallest absolute Gasteiger partial charge is 0.144 e. The predicted octanol–water partition coefficient (Wildman–Crippen LogP) is -1.01. The minimum Gasteiger partial charge on any atom is -0.367 e. The molecule has 2 aliphatic heterocycles. The molecule has 0 spiro atoms. The van der Waals surface area contributed by atoms with Gasteiger partial charge < -0.3 is 5.32 Å². The summed E-state index contributed by atoms with van der Waals surface area (Å²) < 4.78 is 0. The van der Waals surface area contributed by atoms with Crippen molar-refractivity contribution in [3.05, 3.63) is 0 Å². The highest BCUT2D eigenvalue weighted by atomic mass is 15.1. The number of hydrogen-bond acceptors (Lipinski definition) is 4. The fourth-order valence-corrected chi connectivity index (χ4v) is 1.13. The molecule has 2 rings (SSSR count). The van der Waals surface area contributed by atoms with Gasteiger partial charge in [-0.25, -0.2) is 0 Å². The summed E-state index contributed by atoms with van der Waals surface area (Å²) in [6.07, 6.45) is 0. The fourth-order valence-electron chi connectivity index (χ4n) is 1.13. The van der Waals surface area contributed by atoms with Crippen molar-refractivity contribution < 1.29 is 0 Å². The molecule has 0 aromatic heterocycles. The molecule has 2 aliphatic rings. The molecule has 4 heteroatoms. The minimum atomic E-state index is 0.746. The van der Waals surface area contributed by atoms with Gasteiger partial charge in [0.05, 0.1) is 18.9 Å². The number of aliphatic imine (C=N–C) groups is 2. The van der Waals surface area contributed by atoms with Gasteiger partial charge in [-0.1, -0.05) is 0 Å². The molecule has 0 radical (unpaired) electrons. The van der Waals surface area contributed by atoms with Gasteiger partial charge in [-0.2, -0.15) is 0 Å². The number of hydrogen-bond donors (Lipinski definition) is 2. The lowest BCUT2D eigenvalue weighted by Crippen LogP contribution is -2.30. The third-order valence-electron chi connectivity index (χ3n) is 1.62. The van der Waals surface area contributed by atoms with E-state index in [9.17, 15) is 0 Å². The second-order valence-electron chi connectivity index (χ2n) is 2.35. The normalized spacial score (nSPS) is 24.0. The maximum atomic E-state index is 4.25. The Bertz CT molecular complexity index is 172. The van der Waals surface area contributed by atoms with E-state index in [2.05, 4.69) is 20.6 Å². The summed E-state index contributed by atoms with van der Waals surface area (Å²) in [7, 11) is 0. The van der Waals surface area contributed by atoms with E-state index in [1.54, 1.807) is 0 Å². The third kappa shape index (κ3) is 0.903. The predicted molar refractivity (Wildman–Crippen MR) is 40.6 cm³/mol. The Morgan fingerprint density at radius 2 is 2.30 bits per heavy atom. The molecular formula is C6H10N4. The van der Waals surface area contributed by atoms with E-state index >= 15 is 0 Å². The number of nitrogens with zero attached hydrogens (tertiary/aromatic N) is 2. The van der Waals surface area contributed by atoms with E-state index in [0.29, 0.717) is 0 Å². The summed E-state index contributed by atoms with van der Waals surface area (Å²) in [5.41, 5.74) is 1.08. The molecule has 0 atom stereocenters. The lowest BCUT2D eigenvalue weighted by molar-refractivity contribution is 0.850. The first-order chi connectivity index (χ1) is 4.97. The topological polar surface area (TPSA) is 48.8 Å². The van der Waals surface area contributed by atoms with E-state index in [1.165, 1.54) is 0 Å². The van der Waals surface area contributed by atoms with Gasteiger partial charge in [0.2, 0.25) is 0 Å². The summed E-state index contributed by atoms with van der Waals surface area (Å²) in [4.78, 5) is 8.48. The average Bonchev–Trinajstić information content (AvgIpc) is 2.59. The summed E-state index contributed by atoms with van der Waals surface area (Å²) in [6, 6.07) is 0. The Labute approximate surface area is 59.4 Å². The number of rotatable bonds is 1. The van der Waals surface area contributed by atoms with Crippen LogP contribution in [-0.2, 0) is 0 Å². The van der Waals surface area contributed by atoms with Crippen molar-refractivity contribution >= 4 is 11.5 Å². The van der Waals surface area contributed by atoms with Crippen LogP contribution in [0.3, 0.4) is 0 Å². The van der Waals surface area contributed by atoms with E-state index in [0.717, 1.165) is 37.9 Å². The van der Waals surface area contributed by atoms with Gasteiger partial charge in [-0.3, -0.25) is 15.3 Å². The zero-order chi connectivity index (χ0) is 6.81. The van der Waals surface area contributed by atoms with Crippen LogP contribution in [0.1, 0.15) is 0 Å². The molecule has 2 heterocycles. The van der Waals surface area contributed by atoms with Gasteiger partial charge in [0.25, 0.3) is 0 Å². The molecule has 0 unspecified atom stereocenters. The maximum absolute atomic E-state index is 4.25. The zero-order valence-electron chi connectivity index (χ0n) is 5.72. The molecule has 10 heavy (non-hydrogen) atoms. The molecule has 0 saturated carbocycles. The lowest BCUT2D eigenvalue weighted by Gasteiger charge is -1.98. The van der Waals surface area contributed by atoms with Crippen LogP contribution in [0, 0.1) is 0 Å². The van der Waals surface area contributed by atoms with Gasteiger partial charge in [-0.05, 0) is 0 Å². The highest BCUT2D eigenvalue weighted by Gasteiger charge is 2.14. The highest BCUT2D eigenvalue weighted by Crippen LogP contribution is 1.92. The second-order valence-corrected chi connectivity index (χ2v) is 2.35. The molecule has 0 aromatic carbocycles. The van der Waals surface area contributed by atoms with Crippen LogP contribution in [0.15, 0.2) is 9.98 Å². The first-order valence-electron chi connectivity index (χ1n) is 3.49. The Balaban J connectivity index is 2.10. The van der Waals surface area contributed by atoms with Crippen LogP contribution in [0.4, 0.5) is 0 Å². The molecule has 0 amide bonds. The molecule has 0 saturated heterocycles. The van der Waals surface area contributed by atoms with Crippen LogP contribution >= 0.6 is 0 Å². The summed E-state index contributed by atoms with van der Waals surface area (Å²) in [5, 5.41) is 6.30. The zero-order valence-corrected chi connectivity index (χ0v) is 5.72. The first-order valence-corrected chi connectivity index (χ1v) is 3.49. The first kappa shape index (κ1) is 5.85. The van der Waals surface area contributed by atoms with Gasteiger partial charge in [-0.15, -0.1) is 0 Å². The van der Waals surface area contributed by atoms with Crippen molar-refractivity contribution in [2.75, 3.05) is 26.3 Å². The average molecular weight is 138 g/mol. The maximum Gasteiger partial charge on any atom is 0.144 e. The largest absolute Gasteiger partial charge is 0.367 e. The van der Waals surface area contributed by atoms with Crippen LogP contribution < -0.4 is 10.6 Å². The number of amidine groups is 1. The molecule has 0 fully saturated rings. The third-order valence-corrected chi connectivity index (χ3v) is 1.62. The van der Waals surface area contributed by atoms with Crippen molar-refractivity contribution in [2.45, 2.75) is 0 Å². The Morgan fingerprint density at radius 3 is 2.90 bits per heavy atom. The van der Waals surface area contributed by atoms with Crippen LogP contribution in [0.5, 0.6) is 0 Å². The Kier molecular flexibility index (Phi) is 1.39. The van der Waals surface area contributed by atoms with E-state index < -0.39 is 0 Å². The van der Waals surface area contributed by atoms with Crippen molar-refractivity contribution in [1.29, 1.82) is 0 Å². The van der Waals surface area contributed by atoms with Gasteiger partial charge in [0.15, 0.2) is 0 Å². The summed E-state index contributed by atoms with van der Waals surface area (Å²) in [5.74, 6) is 0.991. The SMILES string of the molecule is C1CNC(C2=NCNC2)=N1. The Hall–Kier alpha value is -0.900. The van der Waals surface area contributed by atoms with Crippen molar-refractivity contribution in [1.82, 2.24) is 10.6 Å². The van der Waals surface area contributed by atoms with E-state index in [-0.39, 0.29) is 0 Å². The quantitative estimate of drug-likeness (QED) is 0.488. The van der Waals surface area contributed by atoms with Crippen LogP contribution in [0.25, 0.3) is 0 Å². The second kappa shape index (κ2) is 2.38. The summed E-state index contributed by atoms with van der Waals surface area (Å²) >= 11 is 0. The van der Waals surface area contributed by atoms with E-state index in [4.69, 9.17) is 0 Å². The standard InChI is InChI=1S/C6H10N4/c1-2-9-6(8-1)5-3-7-4-10-5/h7H,1-4H2,(H,8,9). The molecule has 0 bridgehead atoms. The van der Waals surface area contributed by atoms with Gasteiger partial charge in [0, 0.05) is 13.1 Å². The van der Waals surface area contributed by atoms with E-state index in [1.807, 2.05) is 0 Å². The van der Waals surface area contributed by atoms with Gasteiger partial charge in [0.1, 0.15) is 5.84 Å². The molecule has 4 nitrogen and oxygen atoms in total. The molecule has 2 N–H and O–H groups in total. The molecular weight excluding hydrogens is 128 g/mol.